The molecule has 3 aliphatic rings. The summed E-state index contributed by atoms with van der Waals surface area (Å²) >= 11 is 0. The number of hydrogen-bond donors (Lipinski definition) is 1. The van der Waals surface area contributed by atoms with E-state index in [4.69, 9.17) is 29.2 Å². The minimum atomic E-state index is -2.78. The van der Waals surface area contributed by atoms with E-state index in [0.717, 1.165) is 0 Å². The van der Waals surface area contributed by atoms with Crippen LogP contribution in [0.1, 0.15) is 47.3 Å². The fourth-order valence-corrected chi connectivity index (χ4v) is 11.5. The molecule has 0 radical (unpaired) electrons. The minimum Gasteiger partial charge on any atom is -0.405 e. The van der Waals surface area contributed by atoms with E-state index >= 15 is 0 Å². The Morgan fingerprint density at radius 2 is 1.61 bits per heavy atom. The van der Waals surface area contributed by atoms with E-state index in [2.05, 4.69) is 96.4 Å². The number of aromatic nitrogens is 4. The summed E-state index contributed by atoms with van der Waals surface area (Å²) in [7, 11) is -2.78. The van der Waals surface area contributed by atoms with Crippen molar-refractivity contribution in [3.8, 4) is 0 Å². The van der Waals surface area contributed by atoms with Crippen LogP contribution in [0.25, 0.3) is 11.2 Å². The van der Waals surface area contributed by atoms with Crippen molar-refractivity contribution in [2.75, 3.05) is 18.9 Å². The number of hydrogen-bond acceptors (Lipinski definition) is 10. The maximum Gasteiger partial charge on any atom is 0.261 e. The predicted molar refractivity (Wildman–Crippen MR) is 167 cm³/mol. The Morgan fingerprint density at radius 1 is 0.955 bits per heavy atom. The van der Waals surface area contributed by atoms with Crippen LogP contribution in [0.5, 0.6) is 0 Å². The first kappa shape index (κ1) is 29.5. The molecule has 0 saturated carbocycles. The van der Waals surface area contributed by atoms with Crippen molar-refractivity contribution in [3.05, 3.63) is 73.3 Å². The van der Waals surface area contributed by atoms with E-state index in [1.807, 2.05) is 23.5 Å². The van der Waals surface area contributed by atoms with Crippen LogP contribution in [0.2, 0.25) is 5.04 Å². The standard InChI is InChI=1S/C32H40N6O5Si/c1-31(2,3)44(21-12-8-6-9-13-21,22-14-10-7-11-15-22)39-18-23-26-27(42-32(4,5)41-26)30(40-23)38-17-16-24(43-38)37-20-36-25-28(33)34-19-35-29(25)37/h6-15,19-20,23-24,26-27,30H,16-18H2,1-5H3,(H2,33,34,35)/t23-,24+,26-,27-,30-/m1/s1. The minimum absolute atomic E-state index is 0.161. The lowest BCUT2D eigenvalue weighted by Crippen LogP contribution is -2.67. The molecular weight excluding hydrogens is 576 g/mol. The molecule has 3 aliphatic heterocycles. The summed E-state index contributed by atoms with van der Waals surface area (Å²) in [6.07, 6.45) is 2.01. The first-order valence-electron chi connectivity index (χ1n) is 15.2. The molecule has 2 aromatic heterocycles. The number of rotatable bonds is 7. The molecule has 3 saturated heterocycles. The van der Waals surface area contributed by atoms with Crippen molar-refractivity contribution in [2.45, 2.75) is 82.6 Å². The summed E-state index contributed by atoms with van der Waals surface area (Å²) in [5, 5.41) is 4.14. The summed E-state index contributed by atoms with van der Waals surface area (Å²) in [4.78, 5) is 19.3. The smallest absolute Gasteiger partial charge is 0.261 e. The third-order valence-corrected chi connectivity index (χ3v) is 13.8. The largest absolute Gasteiger partial charge is 0.405 e. The number of nitrogen functional groups attached to an aromatic ring is 1. The van der Waals surface area contributed by atoms with Crippen molar-refractivity contribution in [3.63, 3.8) is 0 Å². The molecule has 2 aromatic carbocycles. The maximum atomic E-state index is 7.26. The molecule has 7 rings (SSSR count). The van der Waals surface area contributed by atoms with Gasteiger partial charge in [-0.15, -0.1) is 0 Å². The molecule has 11 nitrogen and oxygen atoms in total. The van der Waals surface area contributed by atoms with Crippen LogP contribution < -0.4 is 16.1 Å². The van der Waals surface area contributed by atoms with E-state index in [1.165, 1.54) is 16.7 Å². The van der Waals surface area contributed by atoms with Crippen molar-refractivity contribution in [1.82, 2.24) is 24.6 Å². The summed E-state index contributed by atoms with van der Waals surface area (Å²) in [6, 6.07) is 21.2. The zero-order chi connectivity index (χ0) is 30.7. The molecule has 232 valence electrons. The van der Waals surface area contributed by atoms with Crippen molar-refractivity contribution in [1.29, 1.82) is 0 Å². The van der Waals surface area contributed by atoms with Crippen LogP contribution in [0.4, 0.5) is 5.82 Å². The summed E-state index contributed by atoms with van der Waals surface area (Å²) in [5.74, 6) is -0.422. The lowest BCUT2D eigenvalue weighted by atomic mass is 10.1. The van der Waals surface area contributed by atoms with Gasteiger partial charge in [0, 0.05) is 13.0 Å². The zero-order valence-electron chi connectivity index (χ0n) is 25.8. The highest BCUT2D eigenvalue weighted by Gasteiger charge is 2.59. The highest BCUT2D eigenvalue weighted by Crippen LogP contribution is 2.43. The van der Waals surface area contributed by atoms with Gasteiger partial charge in [0.2, 0.25) is 0 Å². The number of fused-ring (bicyclic) bond motifs is 2. The molecule has 5 atom stereocenters. The fraction of sp³-hybridized carbons (Fsp3) is 0.469. The lowest BCUT2D eigenvalue weighted by molar-refractivity contribution is -0.283. The van der Waals surface area contributed by atoms with Gasteiger partial charge >= 0.3 is 0 Å². The number of imidazole rings is 1. The van der Waals surface area contributed by atoms with Gasteiger partial charge in [-0.2, -0.15) is 5.06 Å². The van der Waals surface area contributed by atoms with Crippen LogP contribution >= 0.6 is 0 Å². The number of hydroxylamine groups is 2. The molecule has 0 spiro atoms. The van der Waals surface area contributed by atoms with Gasteiger partial charge in [-0.05, 0) is 29.3 Å². The monoisotopic (exact) mass is 616 g/mol. The molecule has 0 amide bonds. The third kappa shape index (κ3) is 4.94. The average Bonchev–Trinajstić information content (AvgIpc) is 3.77. The molecule has 2 N–H and O–H groups in total. The second-order valence-electron chi connectivity index (χ2n) is 13.2. The maximum absolute atomic E-state index is 7.26. The van der Waals surface area contributed by atoms with Gasteiger partial charge in [-0.1, -0.05) is 81.4 Å². The van der Waals surface area contributed by atoms with Crippen LogP contribution in [-0.2, 0) is 23.5 Å². The lowest BCUT2D eigenvalue weighted by Gasteiger charge is -2.43. The van der Waals surface area contributed by atoms with Crippen molar-refractivity contribution >= 4 is 35.7 Å². The molecule has 4 aromatic rings. The Kier molecular flexibility index (Phi) is 7.36. The van der Waals surface area contributed by atoms with Crippen LogP contribution in [-0.4, -0.2) is 76.4 Å². The van der Waals surface area contributed by atoms with Gasteiger partial charge in [-0.25, -0.2) is 15.0 Å². The Hall–Kier alpha value is -3.23. The third-order valence-electron chi connectivity index (χ3n) is 8.84. The quantitative estimate of drug-likeness (QED) is 0.310. The van der Waals surface area contributed by atoms with Crippen LogP contribution in [0.15, 0.2) is 73.3 Å². The second-order valence-corrected chi connectivity index (χ2v) is 17.5. The molecule has 0 unspecified atom stereocenters. The highest BCUT2D eigenvalue weighted by molar-refractivity contribution is 6.99. The summed E-state index contributed by atoms with van der Waals surface area (Å²) in [6.45, 7) is 11.7. The number of anilines is 1. The Labute approximate surface area is 258 Å². The van der Waals surface area contributed by atoms with Gasteiger partial charge < -0.3 is 24.4 Å². The predicted octanol–water partition coefficient (Wildman–Crippen LogP) is 3.37. The molecule has 0 bridgehead atoms. The number of benzene rings is 2. The Morgan fingerprint density at radius 3 is 2.27 bits per heavy atom. The average molecular weight is 617 g/mol. The van der Waals surface area contributed by atoms with Crippen molar-refractivity contribution < 1.29 is 23.5 Å². The highest BCUT2D eigenvalue weighted by atomic mass is 28.4. The van der Waals surface area contributed by atoms with Gasteiger partial charge in [0.15, 0.2) is 29.7 Å². The first-order chi connectivity index (χ1) is 21.1. The molecular formula is C32H40N6O5Si. The zero-order valence-corrected chi connectivity index (χ0v) is 26.8. The molecule has 12 heteroatoms. The molecule has 3 fully saturated rings. The normalized spacial score (nSPS) is 27.2. The number of nitrogens with zero attached hydrogens (tertiary/aromatic N) is 5. The van der Waals surface area contributed by atoms with Crippen LogP contribution in [0, 0.1) is 0 Å². The van der Waals surface area contributed by atoms with Gasteiger partial charge in [-0.3, -0.25) is 9.40 Å². The van der Waals surface area contributed by atoms with Crippen LogP contribution in [0.3, 0.4) is 0 Å². The van der Waals surface area contributed by atoms with E-state index in [0.29, 0.717) is 36.6 Å². The number of ether oxygens (including phenoxy) is 3. The van der Waals surface area contributed by atoms with Gasteiger partial charge in [0.1, 0.15) is 30.2 Å². The molecule has 44 heavy (non-hydrogen) atoms. The Bertz CT molecular complexity index is 1570. The molecule has 0 aliphatic carbocycles. The Balaban J connectivity index is 1.16. The van der Waals surface area contributed by atoms with Gasteiger partial charge in [0.05, 0.1) is 12.9 Å². The van der Waals surface area contributed by atoms with E-state index in [-0.39, 0.29) is 29.6 Å². The van der Waals surface area contributed by atoms with E-state index in [1.54, 1.807) is 6.33 Å². The first-order valence-corrected chi connectivity index (χ1v) is 17.1. The second kappa shape index (κ2) is 11.0. The fourth-order valence-electron chi connectivity index (χ4n) is 6.95. The summed E-state index contributed by atoms with van der Waals surface area (Å²) < 4.78 is 28.8. The van der Waals surface area contributed by atoms with E-state index < -0.39 is 20.3 Å². The summed E-state index contributed by atoms with van der Waals surface area (Å²) in [5.41, 5.74) is 7.21. The van der Waals surface area contributed by atoms with Gasteiger partial charge in [0.25, 0.3) is 8.32 Å². The topological polar surface area (TPSA) is 119 Å². The molecule has 5 heterocycles. The number of nitrogens with two attached hydrogens (primary N) is 1. The van der Waals surface area contributed by atoms with E-state index in [9.17, 15) is 0 Å². The SMILES string of the molecule is CC1(C)O[C@@H]2[C@H](O1)[C@@H](CO[Si](c1ccccc1)(c1ccccc1)C(C)(C)C)O[C@H]2N1CC[C@@H](n2cnc3c(N)ncnc32)O1. The van der Waals surface area contributed by atoms with Crippen molar-refractivity contribution in [2.24, 2.45) is 0 Å².